The van der Waals surface area contributed by atoms with Gasteiger partial charge in [0, 0.05) is 11.6 Å². The van der Waals surface area contributed by atoms with Crippen LogP contribution in [0.1, 0.15) is 46.0 Å². The summed E-state index contributed by atoms with van der Waals surface area (Å²) in [4.78, 5) is 0. The summed E-state index contributed by atoms with van der Waals surface area (Å²) in [6.45, 7) is 5.55. The largest absolute Gasteiger partial charge is 0.328 e. The van der Waals surface area contributed by atoms with Gasteiger partial charge in [0.15, 0.2) is 0 Å². The molecule has 3 N–H and O–H groups in total. The molecule has 0 amide bonds. The predicted octanol–water partition coefficient (Wildman–Crippen LogP) is 1.65. The minimum atomic E-state index is 0.390. The van der Waals surface area contributed by atoms with Gasteiger partial charge in [-0.05, 0) is 45.6 Å². The van der Waals surface area contributed by atoms with Crippen molar-refractivity contribution in [2.24, 2.45) is 5.73 Å². The summed E-state index contributed by atoms with van der Waals surface area (Å²) >= 11 is 0. The van der Waals surface area contributed by atoms with Gasteiger partial charge < -0.3 is 11.1 Å². The molecule has 0 heterocycles. The van der Waals surface area contributed by atoms with Crippen LogP contribution in [0.5, 0.6) is 0 Å². The van der Waals surface area contributed by atoms with Gasteiger partial charge in [-0.2, -0.15) is 0 Å². The summed E-state index contributed by atoms with van der Waals surface area (Å²) < 4.78 is 0. The number of nitrogens with two attached hydrogens (primary N) is 1. The van der Waals surface area contributed by atoms with Crippen LogP contribution < -0.4 is 11.1 Å². The zero-order chi connectivity index (χ0) is 9.03. The van der Waals surface area contributed by atoms with Crippen molar-refractivity contribution in [3.8, 4) is 0 Å². The molecule has 0 aliphatic heterocycles. The predicted molar refractivity (Wildman–Crippen MR) is 53.1 cm³/mol. The Morgan fingerprint density at radius 1 is 1.50 bits per heavy atom. The number of nitrogens with one attached hydrogen (secondary N) is 1. The molecule has 1 aliphatic rings. The van der Waals surface area contributed by atoms with E-state index in [1.54, 1.807) is 0 Å². The molecule has 0 bridgehead atoms. The molecular formula is C10H22N2. The topological polar surface area (TPSA) is 38.0 Å². The first-order valence-corrected chi connectivity index (χ1v) is 5.17. The first-order valence-electron chi connectivity index (χ1n) is 5.17. The van der Waals surface area contributed by atoms with Crippen LogP contribution in [0.3, 0.4) is 0 Å². The molecule has 0 saturated heterocycles. The number of hydrogen-bond donors (Lipinski definition) is 2. The monoisotopic (exact) mass is 170 g/mol. The maximum atomic E-state index is 5.82. The van der Waals surface area contributed by atoms with E-state index in [0.717, 1.165) is 19.4 Å². The van der Waals surface area contributed by atoms with Crippen LogP contribution in [0.4, 0.5) is 0 Å². The summed E-state index contributed by atoms with van der Waals surface area (Å²) in [5.41, 5.74) is 6.27. The fourth-order valence-corrected chi connectivity index (χ4v) is 1.65. The maximum absolute atomic E-state index is 5.82. The number of hydrogen-bond acceptors (Lipinski definition) is 2. The van der Waals surface area contributed by atoms with Gasteiger partial charge in [0.25, 0.3) is 0 Å². The van der Waals surface area contributed by atoms with E-state index in [1.165, 1.54) is 19.3 Å². The van der Waals surface area contributed by atoms with Crippen molar-refractivity contribution in [3.63, 3.8) is 0 Å². The standard InChI is InChI=1S/C10H22N2/c1-3-9(11)5-8-12-10(2)6-4-7-10/h9,12H,3-8,11H2,1-2H3. The van der Waals surface area contributed by atoms with Gasteiger partial charge in [0.05, 0.1) is 0 Å². The molecule has 0 aromatic heterocycles. The molecule has 0 spiro atoms. The van der Waals surface area contributed by atoms with Crippen molar-refractivity contribution in [1.82, 2.24) is 5.32 Å². The third-order valence-electron chi connectivity index (χ3n) is 3.05. The van der Waals surface area contributed by atoms with E-state index in [0.29, 0.717) is 11.6 Å². The van der Waals surface area contributed by atoms with Crippen LogP contribution in [0.15, 0.2) is 0 Å². The van der Waals surface area contributed by atoms with Crippen LogP contribution >= 0.6 is 0 Å². The molecule has 1 aliphatic carbocycles. The van der Waals surface area contributed by atoms with Gasteiger partial charge in [0.1, 0.15) is 0 Å². The van der Waals surface area contributed by atoms with Crippen LogP contribution in [0, 0.1) is 0 Å². The molecule has 0 aromatic rings. The van der Waals surface area contributed by atoms with Crippen LogP contribution in [0.2, 0.25) is 0 Å². The quantitative estimate of drug-likeness (QED) is 0.658. The number of rotatable bonds is 5. The zero-order valence-electron chi connectivity index (χ0n) is 8.40. The Hall–Kier alpha value is -0.0800. The van der Waals surface area contributed by atoms with Gasteiger partial charge in [-0.3, -0.25) is 0 Å². The second-order valence-electron chi connectivity index (χ2n) is 4.30. The molecule has 2 nitrogen and oxygen atoms in total. The Morgan fingerprint density at radius 3 is 2.58 bits per heavy atom. The summed E-state index contributed by atoms with van der Waals surface area (Å²) in [5, 5.41) is 3.58. The SMILES string of the molecule is CCC(N)CCNC1(C)CCC1. The normalized spacial score (nSPS) is 23.2. The lowest BCUT2D eigenvalue weighted by molar-refractivity contribution is 0.207. The second-order valence-corrected chi connectivity index (χ2v) is 4.30. The lowest BCUT2D eigenvalue weighted by Crippen LogP contribution is -2.49. The van der Waals surface area contributed by atoms with E-state index in [-0.39, 0.29) is 0 Å². The summed E-state index contributed by atoms with van der Waals surface area (Å²) in [7, 11) is 0. The maximum Gasteiger partial charge on any atom is 0.0153 e. The van der Waals surface area contributed by atoms with Gasteiger partial charge in [-0.25, -0.2) is 0 Å². The van der Waals surface area contributed by atoms with E-state index in [9.17, 15) is 0 Å². The molecule has 72 valence electrons. The molecule has 1 atom stereocenters. The van der Waals surface area contributed by atoms with E-state index < -0.39 is 0 Å². The smallest absolute Gasteiger partial charge is 0.0153 e. The van der Waals surface area contributed by atoms with E-state index in [1.807, 2.05) is 0 Å². The summed E-state index contributed by atoms with van der Waals surface area (Å²) in [5.74, 6) is 0. The Balaban J connectivity index is 2.01. The fourth-order valence-electron chi connectivity index (χ4n) is 1.65. The molecular weight excluding hydrogens is 148 g/mol. The molecule has 1 rings (SSSR count). The first kappa shape index (κ1) is 10.0. The van der Waals surface area contributed by atoms with E-state index >= 15 is 0 Å². The lowest BCUT2D eigenvalue weighted by Gasteiger charge is -2.39. The Labute approximate surface area is 75.9 Å². The van der Waals surface area contributed by atoms with Crippen LogP contribution in [-0.4, -0.2) is 18.1 Å². The third-order valence-corrected chi connectivity index (χ3v) is 3.05. The van der Waals surface area contributed by atoms with Crippen molar-refractivity contribution in [2.45, 2.75) is 57.5 Å². The van der Waals surface area contributed by atoms with Crippen LogP contribution in [0.25, 0.3) is 0 Å². The molecule has 2 heteroatoms. The molecule has 0 radical (unpaired) electrons. The highest BCUT2D eigenvalue weighted by atomic mass is 15.0. The average molecular weight is 170 g/mol. The molecule has 0 aromatic carbocycles. The zero-order valence-corrected chi connectivity index (χ0v) is 8.40. The van der Waals surface area contributed by atoms with Gasteiger partial charge in [-0.1, -0.05) is 6.92 Å². The Bertz CT molecular complexity index is 130. The molecule has 12 heavy (non-hydrogen) atoms. The Morgan fingerprint density at radius 2 is 2.17 bits per heavy atom. The summed E-state index contributed by atoms with van der Waals surface area (Å²) in [6, 6.07) is 0.390. The highest BCUT2D eigenvalue weighted by Gasteiger charge is 2.30. The average Bonchev–Trinajstić information content (AvgIpc) is 2.01. The molecule has 1 fully saturated rings. The van der Waals surface area contributed by atoms with Crippen LogP contribution in [-0.2, 0) is 0 Å². The van der Waals surface area contributed by atoms with E-state index in [4.69, 9.17) is 5.73 Å². The lowest BCUT2D eigenvalue weighted by atomic mass is 9.78. The highest BCUT2D eigenvalue weighted by molar-refractivity contribution is 4.91. The highest BCUT2D eigenvalue weighted by Crippen LogP contribution is 2.30. The second kappa shape index (κ2) is 4.24. The van der Waals surface area contributed by atoms with Crippen molar-refractivity contribution >= 4 is 0 Å². The van der Waals surface area contributed by atoms with Crippen molar-refractivity contribution < 1.29 is 0 Å². The van der Waals surface area contributed by atoms with Gasteiger partial charge in [-0.15, -0.1) is 0 Å². The van der Waals surface area contributed by atoms with Gasteiger partial charge in [0.2, 0.25) is 0 Å². The van der Waals surface area contributed by atoms with E-state index in [2.05, 4.69) is 19.2 Å². The summed E-state index contributed by atoms with van der Waals surface area (Å²) in [6.07, 6.45) is 6.29. The third kappa shape index (κ3) is 2.76. The first-order chi connectivity index (χ1) is 5.66. The minimum Gasteiger partial charge on any atom is -0.328 e. The molecule has 1 saturated carbocycles. The van der Waals surface area contributed by atoms with Gasteiger partial charge >= 0.3 is 0 Å². The fraction of sp³-hybridized carbons (Fsp3) is 1.00. The van der Waals surface area contributed by atoms with Crippen molar-refractivity contribution in [3.05, 3.63) is 0 Å². The van der Waals surface area contributed by atoms with Crippen molar-refractivity contribution in [2.75, 3.05) is 6.54 Å². The Kier molecular flexibility index (Phi) is 3.53. The van der Waals surface area contributed by atoms with Crippen molar-refractivity contribution in [1.29, 1.82) is 0 Å². The molecule has 1 unspecified atom stereocenters. The minimum absolute atomic E-state index is 0.390.